The number of rotatable bonds is 3. The molecule has 4 amide bonds. The second-order valence-electron chi connectivity index (χ2n) is 7.01. The van der Waals surface area contributed by atoms with Gasteiger partial charge in [0.05, 0.1) is 5.69 Å². The molecule has 7 heteroatoms. The van der Waals surface area contributed by atoms with Crippen LogP contribution in [-0.4, -0.2) is 17.8 Å². The number of carbonyl (C=O) groups is 3. The van der Waals surface area contributed by atoms with Crippen molar-refractivity contribution in [1.29, 1.82) is 0 Å². The minimum absolute atomic E-state index is 0.175. The molecule has 1 aliphatic rings. The molecule has 6 nitrogen and oxygen atoms in total. The smallest absolute Gasteiger partial charge is 0.335 e. The van der Waals surface area contributed by atoms with Crippen molar-refractivity contribution < 1.29 is 18.8 Å². The molecule has 0 spiro atoms. The van der Waals surface area contributed by atoms with Crippen molar-refractivity contribution in [2.24, 2.45) is 0 Å². The second-order valence-corrected chi connectivity index (χ2v) is 7.93. The summed E-state index contributed by atoms with van der Waals surface area (Å²) in [5, 5.41) is 2.22. The number of nitrogens with zero attached hydrogens (tertiary/aromatic N) is 1. The van der Waals surface area contributed by atoms with Crippen molar-refractivity contribution in [2.75, 3.05) is 4.90 Å². The highest BCUT2D eigenvalue weighted by molar-refractivity contribution is 9.10. The molecule has 0 atom stereocenters. The van der Waals surface area contributed by atoms with E-state index in [4.69, 9.17) is 4.42 Å². The van der Waals surface area contributed by atoms with Gasteiger partial charge >= 0.3 is 6.03 Å². The zero-order chi connectivity index (χ0) is 21.4. The topological polar surface area (TPSA) is 79.6 Å². The first-order valence-corrected chi connectivity index (χ1v) is 9.96. The fourth-order valence-corrected chi connectivity index (χ4v) is 3.58. The van der Waals surface area contributed by atoms with E-state index in [0.717, 1.165) is 26.1 Å². The summed E-state index contributed by atoms with van der Waals surface area (Å²) >= 11 is 3.39. The lowest BCUT2D eigenvalue weighted by Gasteiger charge is -2.26. The number of furan rings is 1. The van der Waals surface area contributed by atoms with Gasteiger partial charge in [0.15, 0.2) is 0 Å². The summed E-state index contributed by atoms with van der Waals surface area (Å²) in [4.78, 5) is 38.7. The minimum Gasteiger partial charge on any atom is -0.457 e. The van der Waals surface area contributed by atoms with E-state index in [1.807, 2.05) is 44.2 Å². The van der Waals surface area contributed by atoms with Crippen molar-refractivity contribution in [3.63, 3.8) is 0 Å². The van der Waals surface area contributed by atoms with E-state index in [0.29, 0.717) is 17.2 Å². The highest BCUT2D eigenvalue weighted by atomic mass is 79.9. The van der Waals surface area contributed by atoms with E-state index in [2.05, 4.69) is 21.2 Å². The quantitative estimate of drug-likeness (QED) is 0.437. The molecule has 3 aromatic rings. The summed E-state index contributed by atoms with van der Waals surface area (Å²) < 4.78 is 6.73. The lowest BCUT2D eigenvalue weighted by molar-refractivity contribution is -0.122. The van der Waals surface area contributed by atoms with Crippen LogP contribution in [0.25, 0.3) is 17.4 Å². The average Bonchev–Trinajstić information content (AvgIpc) is 3.13. The highest BCUT2D eigenvalue weighted by Gasteiger charge is 2.37. The normalized spacial score (nSPS) is 15.6. The molecule has 0 radical (unpaired) electrons. The third-order valence-electron chi connectivity index (χ3n) is 4.61. The Balaban J connectivity index is 1.68. The van der Waals surface area contributed by atoms with Crippen molar-refractivity contribution in [1.82, 2.24) is 5.32 Å². The Labute approximate surface area is 181 Å². The molecule has 2 aromatic carbocycles. The van der Waals surface area contributed by atoms with Crippen LogP contribution in [0.4, 0.5) is 10.5 Å². The number of imide groups is 2. The van der Waals surface area contributed by atoms with Crippen LogP contribution in [0.1, 0.15) is 16.9 Å². The van der Waals surface area contributed by atoms with Crippen LogP contribution in [0, 0.1) is 13.8 Å². The molecule has 0 bridgehead atoms. The predicted octanol–water partition coefficient (Wildman–Crippen LogP) is 4.99. The average molecular weight is 465 g/mol. The molecular formula is C23H17BrN2O4. The number of aryl methyl sites for hydroxylation is 2. The number of carbonyl (C=O) groups excluding carboxylic acids is 3. The van der Waals surface area contributed by atoms with E-state index in [1.54, 1.807) is 24.3 Å². The van der Waals surface area contributed by atoms with Gasteiger partial charge in [-0.1, -0.05) is 34.1 Å². The second kappa shape index (κ2) is 7.76. The number of hydrogen-bond donors (Lipinski definition) is 1. The molecule has 0 unspecified atom stereocenters. The van der Waals surface area contributed by atoms with E-state index in [1.165, 1.54) is 6.08 Å². The van der Waals surface area contributed by atoms with Crippen molar-refractivity contribution in [3.8, 4) is 11.3 Å². The molecular weight excluding hydrogens is 448 g/mol. The number of anilines is 1. The summed E-state index contributed by atoms with van der Waals surface area (Å²) in [5.74, 6) is -0.524. The molecule has 4 rings (SSSR count). The number of urea groups is 1. The van der Waals surface area contributed by atoms with E-state index >= 15 is 0 Å². The first kappa shape index (κ1) is 19.8. The molecule has 1 aromatic heterocycles. The zero-order valence-electron chi connectivity index (χ0n) is 16.2. The Morgan fingerprint density at radius 2 is 1.60 bits per heavy atom. The van der Waals surface area contributed by atoms with Crippen molar-refractivity contribution in [3.05, 3.63) is 81.5 Å². The van der Waals surface area contributed by atoms with Crippen molar-refractivity contribution in [2.45, 2.75) is 13.8 Å². The van der Waals surface area contributed by atoms with Gasteiger partial charge in [-0.3, -0.25) is 14.9 Å². The van der Waals surface area contributed by atoms with Gasteiger partial charge in [-0.15, -0.1) is 0 Å². The number of benzene rings is 2. The maximum absolute atomic E-state index is 13.0. The van der Waals surface area contributed by atoms with Gasteiger partial charge in [-0.2, -0.15) is 0 Å². The van der Waals surface area contributed by atoms with Crippen LogP contribution in [0.2, 0.25) is 0 Å². The number of amides is 4. The van der Waals surface area contributed by atoms with Crippen LogP contribution in [0.5, 0.6) is 0 Å². The maximum atomic E-state index is 13.0. The third-order valence-corrected chi connectivity index (χ3v) is 5.14. The van der Waals surface area contributed by atoms with E-state index < -0.39 is 17.8 Å². The molecule has 1 fully saturated rings. The molecule has 150 valence electrons. The standard InChI is InChI=1S/C23H17BrN2O4/c1-13-9-14(2)11-17(10-13)26-22(28)19(21(27)25-23(26)29)12-18-7-8-20(30-18)15-3-5-16(24)6-4-15/h3-12H,1-2H3,(H,25,27,29). The molecule has 1 aliphatic heterocycles. The van der Waals surface area contributed by atoms with Gasteiger partial charge in [0.1, 0.15) is 17.1 Å². The Bertz CT molecular complexity index is 1190. The van der Waals surface area contributed by atoms with Gasteiger partial charge in [-0.05, 0) is 67.4 Å². The van der Waals surface area contributed by atoms with Gasteiger partial charge < -0.3 is 4.42 Å². The number of barbiturate groups is 1. The van der Waals surface area contributed by atoms with E-state index in [-0.39, 0.29) is 5.57 Å². The summed E-state index contributed by atoms with van der Waals surface area (Å²) in [5.41, 5.74) is 2.89. The molecule has 30 heavy (non-hydrogen) atoms. The van der Waals surface area contributed by atoms with Crippen LogP contribution in [-0.2, 0) is 9.59 Å². The Morgan fingerprint density at radius 3 is 2.27 bits per heavy atom. The third kappa shape index (κ3) is 3.84. The van der Waals surface area contributed by atoms with Gasteiger partial charge in [-0.25, -0.2) is 9.69 Å². The minimum atomic E-state index is -0.776. The van der Waals surface area contributed by atoms with E-state index in [9.17, 15) is 14.4 Å². The lowest BCUT2D eigenvalue weighted by Crippen LogP contribution is -2.54. The molecule has 0 saturated carbocycles. The van der Waals surface area contributed by atoms with Crippen LogP contribution in [0.15, 0.2) is 69.1 Å². The summed E-state index contributed by atoms with van der Waals surface area (Å²) in [7, 11) is 0. The van der Waals surface area contributed by atoms with Gasteiger partial charge in [0.25, 0.3) is 11.8 Å². The summed E-state index contributed by atoms with van der Waals surface area (Å²) in [6.07, 6.45) is 1.35. The summed E-state index contributed by atoms with van der Waals surface area (Å²) in [6, 6.07) is 15.6. The first-order chi connectivity index (χ1) is 14.3. The lowest BCUT2D eigenvalue weighted by atomic mass is 10.1. The largest absolute Gasteiger partial charge is 0.457 e. The number of hydrogen-bond acceptors (Lipinski definition) is 4. The Morgan fingerprint density at radius 1 is 0.933 bits per heavy atom. The molecule has 0 aliphatic carbocycles. The SMILES string of the molecule is Cc1cc(C)cc(N2C(=O)NC(=O)C(=Cc3ccc(-c4ccc(Br)cc4)o3)C2=O)c1. The van der Waals surface area contributed by atoms with Crippen LogP contribution < -0.4 is 10.2 Å². The van der Waals surface area contributed by atoms with Gasteiger partial charge in [0, 0.05) is 10.0 Å². The van der Waals surface area contributed by atoms with Gasteiger partial charge in [0.2, 0.25) is 0 Å². The molecule has 2 heterocycles. The fourth-order valence-electron chi connectivity index (χ4n) is 3.31. The Kier molecular flexibility index (Phi) is 5.13. The first-order valence-electron chi connectivity index (χ1n) is 9.17. The molecule has 1 N–H and O–H groups in total. The monoisotopic (exact) mass is 464 g/mol. The highest BCUT2D eigenvalue weighted by Crippen LogP contribution is 2.27. The summed E-state index contributed by atoms with van der Waals surface area (Å²) in [6.45, 7) is 3.74. The molecule has 1 saturated heterocycles. The number of halogens is 1. The predicted molar refractivity (Wildman–Crippen MR) is 117 cm³/mol. The Hall–Kier alpha value is -3.45. The zero-order valence-corrected chi connectivity index (χ0v) is 17.8. The van der Waals surface area contributed by atoms with Crippen LogP contribution >= 0.6 is 15.9 Å². The number of nitrogens with one attached hydrogen (secondary N) is 1. The maximum Gasteiger partial charge on any atom is 0.335 e. The fraction of sp³-hybridized carbons (Fsp3) is 0.0870. The van der Waals surface area contributed by atoms with Crippen LogP contribution in [0.3, 0.4) is 0 Å². The van der Waals surface area contributed by atoms with Crippen molar-refractivity contribution >= 4 is 45.5 Å².